The minimum atomic E-state index is -0.763. The van der Waals surface area contributed by atoms with Gasteiger partial charge in [0.05, 0.1) is 30.9 Å². The van der Waals surface area contributed by atoms with Gasteiger partial charge in [-0.05, 0) is 57.2 Å². The fourth-order valence-corrected chi connectivity index (χ4v) is 5.54. The van der Waals surface area contributed by atoms with Crippen molar-refractivity contribution in [3.8, 4) is 0 Å². The van der Waals surface area contributed by atoms with E-state index >= 15 is 0 Å². The van der Waals surface area contributed by atoms with Crippen LogP contribution in [0.15, 0.2) is 72.9 Å². The third kappa shape index (κ3) is 10.3. The normalized spacial score (nSPS) is 20.1. The Balaban J connectivity index is 1.56. The summed E-state index contributed by atoms with van der Waals surface area (Å²) in [5.41, 5.74) is 2.12. The number of aliphatic hydroxyl groups excluding tert-OH is 1. The third-order valence-corrected chi connectivity index (χ3v) is 7.82. The molecule has 0 saturated carbocycles. The zero-order valence-corrected chi connectivity index (χ0v) is 26.9. The first kappa shape index (κ1) is 34.4. The van der Waals surface area contributed by atoms with Crippen molar-refractivity contribution in [3.63, 3.8) is 0 Å². The summed E-state index contributed by atoms with van der Waals surface area (Å²) >= 11 is 0. The summed E-state index contributed by atoms with van der Waals surface area (Å²) in [4.78, 5) is 57.9. The standard InChI is InChI=1S/C36H45N3O7/c1-36(2,3)46-33(42)21-27-14-8-7-13-26(20-32(41)39(17-18-40)23-25-11-5-4-6-12-25)34(43)38-29(24-45-35(27)44)19-28-22-37-31-16-10-9-15-30(28)31/h4-12,15-16,22,26-27,29,37,40H,13-14,17-21,23-24H2,1-3H3,(H,38,43)/b8-7-/t26-,27+,29+/m0/s1. The summed E-state index contributed by atoms with van der Waals surface area (Å²) in [6, 6.07) is 16.7. The number of amides is 2. The largest absolute Gasteiger partial charge is 0.463 e. The highest BCUT2D eigenvalue weighted by molar-refractivity contribution is 5.87. The molecule has 0 spiro atoms. The lowest BCUT2D eigenvalue weighted by atomic mass is 9.95. The molecule has 3 atom stereocenters. The molecule has 0 aliphatic carbocycles. The maximum atomic E-state index is 13.8. The van der Waals surface area contributed by atoms with E-state index in [9.17, 15) is 24.3 Å². The maximum absolute atomic E-state index is 13.8. The number of para-hydroxylation sites is 1. The van der Waals surface area contributed by atoms with Crippen molar-refractivity contribution in [3.05, 3.63) is 84.1 Å². The van der Waals surface area contributed by atoms with Crippen molar-refractivity contribution >= 4 is 34.7 Å². The van der Waals surface area contributed by atoms with Gasteiger partial charge in [0, 0.05) is 36.6 Å². The van der Waals surface area contributed by atoms with Gasteiger partial charge in [-0.25, -0.2) is 0 Å². The number of carbonyl (C=O) groups is 4. The van der Waals surface area contributed by atoms with E-state index in [1.165, 1.54) is 0 Å². The van der Waals surface area contributed by atoms with E-state index in [1.807, 2.05) is 60.8 Å². The fraction of sp³-hybridized carbons (Fsp3) is 0.444. The van der Waals surface area contributed by atoms with Crippen molar-refractivity contribution in [2.45, 2.75) is 71.1 Å². The number of hydrogen-bond acceptors (Lipinski definition) is 7. The number of ether oxygens (including phenoxy) is 2. The molecule has 0 fully saturated rings. The van der Waals surface area contributed by atoms with Gasteiger partial charge in [0.2, 0.25) is 11.8 Å². The Bertz CT molecular complexity index is 1510. The second-order valence-corrected chi connectivity index (χ2v) is 12.8. The van der Waals surface area contributed by atoms with Crippen molar-refractivity contribution in [1.82, 2.24) is 15.2 Å². The molecule has 3 N–H and O–H groups in total. The number of fused-ring (bicyclic) bond motifs is 1. The molecular formula is C36H45N3O7. The van der Waals surface area contributed by atoms with E-state index in [0.717, 1.165) is 22.0 Å². The molecule has 4 rings (SSSR count). The van der Waals surface area contributed by atoms with Gasteiger partial charge in [-0.2, -0.15) is 0 Å². The van der Waals surface area contributed by atoms with Crippen LogP contribution in [-0.4, -0.2) is 70.1 Å². The van der Waals surface area contributed by atoms with Crippen LogP contribution in [-0.2, 0) is 41.6 Å². The van der Waals surface area contributed by atoms with Crippen molar-refractivity contribution in [2.75, 3.05) is 19.8 Å². The zero-order valence-electron chi connectivity index (χ0n) is 26.9. The van der Waals surface area contributed by atoms with Crippen LogP contribution in [0.4, 0.5) is 0 Å². The highest BCUT2D eigenvalue weighted by atomic mass is 16.6. The minimum Gasteiger partial charge on any atom is -0.463 e. The number of aromatic amines is 1. The third-order valence-electron chi connectivity index (χ3n) is 7.82. The highest BCUT2D eigenvalue weighted by Gasteiger charge is 2.30. The summed E-state index contributed by atoms with van der Waals surface area (Å²) in [6.45, 7) is 5.46. The first-order chi connectivity index (χ1) is 22.0. The number of aliphatic hydroxyl groups is 1. The number of rotatable bonds is 10. The fourth-order valence-electron chi connectivity index (χ4n) is 5.54. The summed E-state index contributed by atoms with van der Waals surface area (Å²) < 4.78 is 11.2. The molecule has 1 aliphatic heterocycles. The SMILES string of the molecule is CC(C)(C)OC(=O)C[C@H]1C/C=C\C[C@@H](CC(=O)N(CCO)Cc2ccccc2)C(=O)N[C@H](Cc2c[nH]c3ccccc23)COC1=O. The molecule has 46 heavy (non-hydrogen) atoms. The van der Waals surface area contributed by atoms with Crippen LogP contribution in [0.1, 0.15) is 57.6 Å². The van der Waals surface area contributed by atoms with Gasteiger partial charge in [0.15, 0.2) is 0 Å². The van der Waals surface area contributed by atoms with E-state index in [1.54, 1.807) is 37.8 Å². The maximum Gasteiger partial charge on any atom is 0.309 e. The van der Waals surface area contributed by atoms with Crippen molar-refractivity contribution in [2.24, 2.45) is 11.8 Å². The number of aromatic nitrogens is 1. The molecule has 3 aromatic rings. The monoisotopic (exact) mass is 631 g/mol. The number of esters is 2. The number of H-pyrrole nitrogens is 1. The number of carbonyl (C=O) groups excluding carboxylic acids is 4. The molecule has 2 aromatic carbocycles. The Kier molecular flexibility index (Phi) is 12.1. The number of allylic oxidation sites excluding steroid dienone is 2. The van der Waals surface area contributed by atoms with Gasteiger partial charge < -0.3 is 29.8 Å². The zero-order chi connectivity index (χ0) is 33.1. The summed E-state index contributed by atoms with van der Waals surface area (Å²) in [6.07, 6.45) is 6.04. The minimum absolute atomic E-state index is 0.0655. The molecule has 2 amide bonds. The Morgan fingerprint density at radius 1 is 0.978 bits per heavy atom. The van der Waals surface area contributed by atoms with E-state index in [0.29, 0.717) is 13.0 Å². The molecule has 0 unspecified atom stereocenters. The number of nitrogens with zero attached hydrogens (tertiary/aromatic N) is 1. The van der Waals surface area contributed by atoms with E-state index in [-0.39, 0.29) is 57.3 Å². The second kappa shape index (κ2) is 16.2. The van der Waals surface area contributed by atoms with Crippen LogP contribution in [0, 0.1) is 11.8 Å². The lowest BCUT2D eigenvalue weighted by molar-refractivity contribution is -0.161. The van der Waals surface area contributed by atoms with Crippen LogP contribution in [0.5, 0.6) is 0 Å². The van der Waals surface area contributed by atoms with E-state index in [2.05, 4.69) is 10.3 Å². The van der Waals surface area contributed by atoms with Crippen LogP contribution in [0.2, 0.25) is 0 Å². The highest BCUT2D eigenvalue weighted by Crippen LogP contribution is 2.23. The molecule has 0 bridgehead atoms. The Hall–Kier alpha value is -4.44. The average Bonchev–Trinajstić information content (AvgIpc) is 3.41. The summed E-state index contributed by atoms with van der Waals surface area (Å²) in [5, 5.41) is 13.7. The van der Waals surface area contributed by atoms with Gasteiger partial charge in [-0.15, -0.1) is 0 Å². The molecule has 1 aromatic heterocycles. The molecule has 2 heterocycles. The smallest absolute Gasteiger partial charge is 0.309 e. The predicted octanol–water partition coefficient (Wildman–Crippen LogP) is 4.46. The Morgan fingerprint density at radius 2 is 1.67 bits per heavy atom. The first-order valence-electron chi connectivity index (χ1n) is 15.8. The van der Waals surface area contributed by atoms with Gasteiger partial charge in [-0.1, -0.05) is 60.7 Å². The Morgan fingerprint density at radius 3 is 2.39 bits per heavy atom. The van der Waals surface area contributed by atoms with Crippen LogP contribution >= 0.6 is 0 Å². The first-order valence-corrected chi connectivity index (χ1v) is 15.8. The van der Waals surface area contributed by atoms with E-state index in [4.69, 9.17) is 9.47 Å². The molecule has 10 heteroatoms. The van der Waals surface area contributed by atoms with Crippen molar-refractivity contribution in [1.29, 1.82) is 0 Å². The molecular weight excluding hydrogens is 586 g/mol. The second-order valence-electron chi connectivity index (χ2n) is 12.8. The topological polar surface area (TPSA) is 138 Å². The van der Waals surface area contributed by atoms with Crippen LogP contribution in [0.3, 0.4) is 0 Å². The van der Waals surface area contributed by atoms with Crippen LogP contribution < -0.4 is 5.32 Å². The Labute approximate surface area is 270 Å². The molecule has 0 saturated heterocycles. The molecule has 246 valence electrons. The number of hydrogen-bond donors (Lipinski definition) is 3. The predicted molar refractivity (Wildman–Crippen MR) is 174 cm³/mol. The summed E-state index contributed by atoms with van der Waals surface area (Å²) in [5.74, 6) is -3.08. The average molecular weight is 632 g/mol. The lowest BCUT2D eigenvalue weighted by Crippen LogP contribution is -2.45. The number of benzene rings is 2. The summed E-state index contributed by atoms with van der Waals surface area (Å²) in [7, 11) is 0. The lowest BCUT2D eigenvalue weighted by Gasteiger charge is -2.27. The van der Waals surface area contributed by atoms with Gasteiger partial charge in [0.1, 0.15) is 12.2 Å². The molecule has 1 aliphatic rings. The molecule has 10 nitrogen and oxygen atoms in total. The van der Waals surface area contributed by atoms with Gasteiger partial charge in [0.25, 0.3) is 0 Å². The van der Waals surface area contributed by atoms with E-state index < -0.39 is 35.4 Å². The molecule has 0 radical (unpaired) electrons. The number of cyclic esters (lactones) is 1. The van der Waals surface area contributed by atoms with Crippen molar-refractivity contribution < 1.29 is 33.8 Å². The van der Waals surface area contributed by atoms with Crippen LogP contribution in [0.25, 0.3) is 10.9 Å². The quantitative estimate of drug-likeness (QED) is 0.222. The number of nitrogens with one attached hydrogen (secondary N) is 2. The van der Waals surface area contributed by atoms with Gasteiger partial charge in [-0.3, -0.25) is 19.2 Å². The van der Waals surface area contributed by atoms with Gasteiger partial charge >= 0.3 is 11.9 Å².